The maximum atomic E-state index is 12.2. The molecule has 1 fully saturated rings. The van der Waals surface area contributed by atoms with Crippen molar-refractivity contribution in [2.75, 3.05) is 26.0 Å². The number of hydrogen-bond acceptors (Lipinski definition) is 5. The van der Waals surface area contributed by atoms with Crippen LogP contribution in [0.15, 0.2) is 23.8 Å². The zero-order chi connectivity index (χ0) is 18.4. The zero-order valence-corrected chi connectivity index (χ0v) is 16.4. The van der Waals surface area contributed by atoms with Gasteiger partial charge in [0.25, 0.3) is 0 Å². The predicted octanol–water partition coefficient (Wildman–Crippen LogP) is 3.79. The molecule has 0 aromatic heterocycles. The van der Waals surface area contributed by atoms with E-state index in [1.807, 2.05) is 39.8 Å². The SMILES string of the molecule is C/C=C\C(=C/CC)CSC1(C(=O)OC)CN(C(=O)OC(C)(C)C)C1. The van der Waals surface area contributed by atoms with E-state index in [1.54, 1.807) is 4.90 Å². The number of nitrogens with zero attached hydrogens (tertiary/aromatic N) is 1. The summed E-state index contributed by atoms with van der Waals surface area (Å²) in [6.07, 6.45) is 6.73. The smallest absolute Gasteiger partial charge is 0.410 e. The Labute approximate surface area is 149 Å². The van der Waals surface area contributed by atoms with Gasteiger partial charge in [0.1, 0.15) is 10.3 Å². The van der Waals surface area contributed by atoms with E-state index in [0.717, 1.165) is 6.42 Å². The average molecular weight is 356 g/mol. The first-order valence-electron chi connectivity index (χ1n) is 8.19. The van der Waals surface area contributed by atoms with Crippen molar-refractivity contribution in [3.05, 3.63) is 23.8 Å². The normalized spacial score (nSPS) is 17.6. The Bertz CT molecular complexity index is 514. The molecule has 0 bridgehead atoms. The van der Waals surface area contributed by atoms with E-state index in [0.29, 0.717) is 18.8 Å². The summed E-state index contributed by atoms with van der Waals surface area (Å²) in [5.74, 6) is 0.416. The van der Waals surface area contributed by atoms with Crippen LogP contribution in [0.2, 0.25) is 0 Å². The third-order valence-corrected chi connectivity index (χ3v) is 4.92. The number of esters is 1. The van der Waals surface area contributed by atoms with Crippen LogP contribution in [0.5, 0.6) is 0 Å². The highest BCUT2D eigenvalue weighted by molar-refractivity contribution is 8.01. The van der Waals surface area contributed by atoms with E-state index >= 15 is 0 Å². The average Bonchev–Trinajstić information content (AvgIpc) is 2.43. The van der Waals surface area contributed by atoms with Crippen LogP contribution in [0.4, 0.5) is 4.79 Å². The number of hydrogen-bond donors (Lipinski definition) is 0. The quantitative estimate of drug-likeness (QED) is 0.536. The minimum atomic E-state index is -0.708. The maximum Gasteiger partial charge on any atom is 0.410 e. The number of methoxy groups -OCH3 is 1. The van der Waals surface area contributed by atoms with Crippen molar-refractivity contribution >= 4 is 23.8 Å². The summed E-state index contributed by atoms with van der Waals surface area (Å²) >= 11 is 1.53. The minimum Gasteiger partial charge on any atom is -0.468 e. The van der Waals surface area contributed by atoms with Crippen molar-refractivity contribution in [2.24, 2.45) is 0 Å². The van der Waals surface area contributed by atoms with Gasteiger partial charge in [-0.3, -0.25) is 4.79 Å². The molecular formula is C18H29NO4S. The Morgan fingerprint density at radius 3 is 2.38 bits per heavy atom. The van der Waals surface area contributed by atoms with Gasteiger partial charge in [0.15, 0.2) is 0 Å². The van der Waals surface area contributed by atoms with Crippen LogP contribution in [0.3, 0.4) is 0 Å². The van der Waals surface area contributed by atoms with E-state index in [4.69, 9.17) is 9.47 Å². The standard InChI is InChI=1S/C18H29NO4S/c1-7-9-14(10-8-2)11-24-18(15(20)22-6)12-19(13-18)16(21)23-17(3,4)5/h7,9-10H,8,11-13H2,1-6H3/b9-7-,14-10+. The molecule has 24 heavy (non-hydrogen) atoms. The molecule has 0 aromatic rings. The van der Waals surface area contributed by atoms with E-state index in [9.17, 15) is 9.59 Å². The lowest BCUT2D eigenvalue weighted by molar-refractivity contribution is -0.147. The van der Waals surface area contributed by atoms with Gasteiger partial charge in [0, 0.05) is 5.75 Å². The van der Waals surface area contributed by atoms with Gasteiger partial charge < -0.3 is 14.4 Å². The van der Waals surface area contributed by atoms with Crippen molar-refractivity contribution in [3.8, 4) is 0 Å². The van der Waals surface area contributed by atoms with E-state index in [-0.39, 0.29) is 12.1 Å². The Morgan fingerprint density at radius 1 is 1.29 bits per heavy atom. The topological polar surface area (TPSA) is 55.8 Å². The number of carbonyl (C=O) groups excluding carboxylic acids is 2. The molecule has 1 aliphatic rings. The molecule has 0 atom stereocenters. The molecule has 0 radical (unpaired) electrons. The van der Waals surface area contributed by atoms with Gasteiger partial charge in [-0.25, -0.2) is 4.79 Å². The number of amides is 1. The van der Waals surface area contributed by atoms with E-state index in [2.05, 4.69) is 13.0 Å². The fourth-order valence-electron chi connectivity index (χ4n) is 2.36. The number of thioether (sulfide) groups is 1. The van der Waals surface area contributed by atoms with E-state index < -0.39 is 10.3 Å². The highest BCUT2D eigenvalue weighted by Gasteiger charge is 2.53. The summed E-state index contributed by atoms with van der Waals surface area (Å²) in [5, 5.41) is 0. The van der Waals surface area contributed by atoms with Crippen molar-refractivity contribution in [2.45, 2.75) is 51.4 Å². The Hall–Kier alpha value is -1.43. The molecule has 1 aliphatic heterocycles. The summed E-state index contributed by atoms with van der Waals surface area (Å²) in [6, 6.07) is 0. The van der Waals surface area contributed by atoms with Crippen LogP contribution in [-0.4, -0.2) is 53.3 Å². The number of carbonyl (C=O) groups is 2. The summed E-state index contributed by atoms with van der Waals surface area (Å²) in [6.45, 7) is 10.2. The lowest BCUT2D eigenvalue weighted by Crippen LogP contribution is -2.66. The van der Waals surface area contributed by atoms with Gasteiger partial charge in [0.2, 0.25) is 0 Å². The summed E-state index contributed by atoms with van der Waals surface area (Å²) in [4.78, 5) is 25.9. The Kier molecular flexibility index (Phi) is 7.39. The van der Waals surface area contributed by atoms with Crippen LogP contribution in [0.1, 0.15) is 41.0 Å². The molecule has 0 unspecified atom stereocenters. The second-order valence-electron chi connectivity index (χ2n) is 6.80. The number of rotatable bonds is 6. The van der Waals surface area contributed by atoms with Crippen LogP contribution in [-0.2, 0) is 14.3 Å². The number of likely N-dealkylation sites (tertiary alicyclic amines) is 1. The van der Waals surface area contributed by atoms with Crippen LogP contribution >= 0.6 is 11.8 Å². The molecule has 136 valence electrons. The van der Waals surface area contributed by atoms with Crippen molar-refractivity contribution < 1.29 is 19.1 Å². The summed E-state index contributed by atoms with van der Waals surface area (Å²) in [7, 11) is 1.38. The fraction of sp³-hybridized carbons (Fsp3) is 0.667. The molecule has 0 saturated carbocycles. The van der Waals surface area contributed by atoms with Gasteiger partial charge in [-0.1, -0.05) is 25.2 Å². The zero-order valence-electron chi connectivity index (χ0n) is 15.5. The van der Waals surface area contributed by atoms with Crippen LogP contribution in [0.25, 0.3) is 0 Å². The van der Waals surface area contributed by atoms with Crippen molar-refractivity contribution in [1.29, 1.82) is 0 Å². The molecule has 1 saturated heterocycles. The lowest BCUT2D eigenvalue weighted by Gasteiger charge is -2.47. The fourth-order valence-corrected chi connectivity index (χ4v) is 3.72. The largest absolute Gasteiger partial charge is 0.468 e. The molecule has 1 rings (SSSR count). The number of allylic oxidation sites excluding steroid dienone is 3. The lowest BCUT2D eigenvalue weighted by atomic mass is 10.00. The molecule has 0 spiro atoms. The van der Waals surface area contributed by atoms with Crippen LogP contribution < -0.4 is 0 Å². The first-order chi connectivity index (χ1) is 11.2. The molecular weight excluding hydrogens is 326 g/mol. The molecule has 5 nitrogen and oxygen atoms in total. The summed E-state index contributed by atoms with van der Waals surface area (Å²) < 4.78 is 9.61. The molecule has 1 heterocycles. The Balaban J connectivity index is 2.74. The minimum absolute atomic E-state index is 0.288. The van der Waals surface area contributed by atoms with Crippen LogP contribution in [0, 0.1) is 0 Å². The van der Waals surface area contributed by atoms with Gasteiger partial charge >= 0.3 is 12.1 Å². The highest BCUT2D eigenvalue weighted by Crippen LogP contribution is 2.38. The Morgan fingerprint density at radius 2 is 1.92 bits per heavy atom. The second kappa shape index (κ2) is 8.60. The van der Waals surface area contributed by atoms with Gasteiger partial charge in [-0.15, -0.1) is 11.8 Å². The monoisotopic (exact) mass is 355 g/mol. The highest BCUT2D eigenvalue weighted by atomic mass is 32.2. The second-order valence-corrected chi connectivity index (χ2v) is 8.16. The molecule has 1 amide bonds. The first kappa shape index (κ1) is 20.6. The van der Waals surface area contributed by atoms with Gasteiger partial charge in [0.05, 0.1) is 20.2 Å². The van der Waals surface area contributed by atoms with Gasteiger partial charge in [-0.05, 0) is 39.7 Å². The third kappa shape index (κ3) is 5.58. The number of ether oxygens (including phenoxy) is 2. The third-order valence-electron chi connectivity index (χ3n) is 3.46. The maximum absolute atomic E-state index is 12.2. The van der Waals surface area contributed by atoms with Gasteiger partial charge in [-0.2, -0.15) is 0 Å². The summed E-state index contributed by atoms with van der Waals surface area (Å²) in [5.41, 5.74) is 0.625. The van der Waals surface area contributed by atoms with Crippen molar-refractivity contribution in [3.63, 3.8) is 0 Å². The molecule has 0 aromatic carbocycles. The predicted molar refractivity (Wildman–Crippen MR) is 98.2 cm³/mol. The molecule has 6 heteroatoms. The van der Waals surface area contributed by atoms with E-state index in [1.165, 1.54) is 24.4 Å². The first-order valence-corrected chi connectivity index (χ1v) is 9.18. The van der Waals surface area contributed by atoms with Crippen molar-refractivity contribution in [1.82, 2.24) is 4.90 Å². The molecule has 0 N–H and O–H groups in total. The molecule has 0 aliphatic carbocycles.